The zero-order chi connectivity index (χ0) is 26.7. The molecule has 0 unspecified atom stereocenters. The van der Waals surface area contributed by atoms with E-state index in [2.05, 4.69) is 25.2 Å². The van der Waals surface area contributed by atoms with E-state index in [0.29, 0.717) is 18.5 Å². The lowest BCUT2D eigenvalue weighted by molar-refractivity contribution is 0.0953. The first-order chi connectivity index (χ1) is 18.3. The minimum atomic E-state index is -3.24. The highest BCUT2D eigenvalue weighted by atomic mass is 32.2. The summed E-state index contributed by atoms with van der Waals surface area (Å²) in [5, 5.41) is 10.0. The van der Waals surface area contributed by atoms with Gasteiger partial charge in [-0.15, -0.1) is 0 Å². The van der Waals surface area contributed by atoms with Gasteiger partial charge < -0.3 is 5.32 Å². The number of aromatic amines is 1. The SMILES string of the molecule is CS(=O)(=O)NCCCNC(=O)c1ccc(-c2cnc3ccc(-c4cn[nH]c4-c4ccc(F)cc4)cn23)cc1. The lowest BCUT2D eigenvalue weighted by Gasteiger charge is -2.08. The Balaban J connectivity index is 1.34. The highest BCUT2D eigenvalue weighted by Gasteiger charge is 2.14. The second-order valence-electron chi connectivity index (χ2n) is 8.81. The van der Waals surface area contributed by atoms with E-state index < -0.39 is 10.0 Å². The minimum absolute atomic E-state index is 0.232. The van der Waals surface area contributed by atoms with Crippen LogP contribution in [-0.2, 0) is 10.0 Å². The molecule has 0 bridgehead atoms. The predicted octanol–water partition coefficient (Wildman–Crippen LogP) is 3.87. The van der Waals surface area contributed by atoms with E-state index >= 15 is 0 Å². The molecule has 0 saturated heterocycles. The van der Waals surface area contributed by atoms with Crippen molar-refractivity contribution in [1.29, 1.82) is 0 Å². The van der Waals surface area contributed by atoms with Crippen molar-refractivity contribution < 1.29 is 17.6 Å². The number of nitrogens with one attached hydrogen (secondary N) is 3. The van der Waals surface area contributed by atoms with Crippen LogP contribution in [0.1, 0.15) is 16.8 Å². The number of nitrogens with zero attached hydrogens (tertiary/aromatic N) is 3. The maximum Gasteiger partial charge on any atom is 0.251 e. The largest absolute Gasteiger partial charge is 0.352 e. The fourth-order valence-electron chi connectivity index (χ4n) is 4.14. The standard InChI is InChI=1S/C27H25FN6O3S/c1-38(36,37)32-14-2-13-29-27(35)20-5-3-18(4-6-20)24-16-30-25-12-9-21(17-34(24)25)23-15-31-33-26(23)19-7-10-22(28)11-8-19/h3-12,15-17,32H,2,13-14H2,1H3,(H,29,35)(H,31,33). The Kier molecular flexibility index (Phi) is 7.03. The third-order valence-corrected chi connectivity index (χ3v) is 6.76. The van der Waals surface area contributed by atoms with E-state index in [-0.39, 0.29) is 18.3 Å². The average Bonchev–Trinajstić information content (AvgIpc) is 3.55. The molecule has 5 aromatic rings. The molecule has 0 radical (unpaired) electrons. The molecular formula is C27H25FN6O3S. The Bertz CT molecular complexity index is 1690. The third-order valence-electron chi connectivity index (χ3n) is 6.04. The highest BCUT2D eigenvalue weighted by Crippen LogP contribution is 2.31. The van der Waals surface area contributed by atoms with Gasteiger partial charge in [-0.1, -0.05) is 12.1 Å². The molecule has 0 saturated carbocycles. The maximum atomic E-state index is 13.4. The topological polar surface area (TPSA) is 121 Å². The van der Waals surface area contributed by atoms with Gasteiger partial charge in [0.2, 0.25) is 10.0 Å². The summed E-state index contributed by atoms with van der Waals surface area (Å²) in [5.41, 5.74) is 6.39. The van der Waals surface area contributed by atoms with Gasteiger partial charge in [-0.2, -0.15) is 5.10 Å². The summed E-state index contributed by atoms with van der Waals surface area (Å²) in [4.78, 5) is 17.0. The number of hydrogen-bond donors (Lipinski definition) is 3. The Morgan fingerprint density at radius 3 is 2.39 bits per heavy atom. The summed E-state index contributed by atoms with van der Waals surface area (Å²) in [6.45, 7) is 0.617. The number of sulfonamides is 1. The first kappa shape index (κ1) is 25.3. The molecular weight excluding hydrogens is 507 g/mol. The molecule has 0 aliphatic carbocycles. The van der Waals surface area contributed by atoms with Gasteiger partial charge in [0.1, 0.15) is 11.5 Å². The lowest BCUT2D eigenvalue weighted by Crippen LogP contribution is -2.29. The number of H-pyrrole nitrogens is 1. The summed E-state index contributed by atoms with van der Waals surface area (Å²) in [6.07, 6.45) is 7.07. The van der Waals surface area contributed by atoms with Gasteiger partial charge in [0.15, 0.2) is 0 Å². The van der Waals surface area contributed by atoms with Crippen molar-refractivity contribution in [2.75, 3.05) is 19.3 Å². The lowest BCUT2D eigenvalue weighted by atomic mass is 10.0. The number of imidazole rings is 1. The van der Waals surface area contributed by atoms with Crippen LogP contribution in [0.25, 0.3) is 39.3 Å². The molecule has 0 fully saturated rings. The van der Waals surface area contributed by atoms with E-state index in [1.165, 1.54) is 12.1 Å². The molecule has 38 heavy (non-hydrogen) atoms. The van der Waals surface area contributed by atoms with Gasteiger partial charge in [0, 0.05) is 47.1 Å². The fourth-order valence-corrected chi connectivity index (χ4v) is 4.65. The van der Waals surface area contributed by atoms with Crippen molar-refractivity contribution in [2.45, 2.75) is 6.42 Å². The second-order valence-corrected chi connectivity index (χ2v) is 10.6. The summed E-state index contributed by atoms with van der Waals surface area (Å²) >= 11 is 0. The molecule has 3 heterocycles. The van der Waals surface area contributed by atoms with Crippen LogP contribution < -0.4 is 10.0 Å². The first-order valence-electron chi connectivity index (χ1n) is 11.9. The van der Waals surface area contributed by atoms with E-state index in [4.69, 9.17) is 0 Å². The number of benzene rings is 2. The number of carbonyl (C=O) groups excluding carboxylic acids is 1. The normalized spacial score (nSPS) is 11.6. The maximum absolute atomic E-state index is 13.4. The Hall–Kier alpha value is -4.35. The van der Waals surface area contributed by atoms with Gasteiger partial charge in [0.25, 0.3) is 5.91 Å². The number of carbonyl (C=O) groups is 1. The molecule has 0 atom stereocenters. The van der Waals surface area contributed by atoms with Crippen molar-refractivity contribution >= 4 is 21.6 Å². The highest BCUT2D eigenvalue weighted by molar-refractivity contribution is 7.88. The van der Waals surface area contributed by atoms with Crippen molar-refractivity contribution in [3.8, 4) is 33.6 Å². The minimum Gasteiger partial charge on any atom is -0.352 e. The van der Waals surface area contributed by atoms with E-state index in [0.717, 1.165) is 45.5 Å². The number of fused-ring (bicyclic) bond motifs is 1. The summed E-state index contributed by atoms with van der Waals surface area (Å²) < 4.78 is 40.0. The van der Waals surface area contributed by atoms with Crippen LogP contribution in [0.5, 0.6) is 0 Å². The van der Waals surface area contributed by atoms with Crippen LogP contribution in [0.15, 0.2) is 79.3 Å². The van der Waals surface area contributed by atoms with Gasteiger partial charge in [-0.3, -0.25) is 14.3 Å². The number of rotatable bonds is 9. The molecule has 3 aromatic heterocycles. The van der Waals surface area contributed by atoms with Crippen LogP contribution in [0.3, 0.4) is 0 Å². The molecule has 3 N–H and O–H groups in total. The summed E-state index contributed by atoms with van der Waals surface area (Å²) in [7, 11) is -3.24. The van der Waals surface area contributed by atoms with E-state index in [1.807, 2.05) is 34.9 Å². The summed E-state index contributed by atoms with van der Waals surface area (Å²) in [5.74, 6) is -0.533. The molecule has 0 spiro atoms. The van der Waals surface area contributed by atoms with Gasteiger partial charge >= 0.3 is 0 Å². The zero-order valence-electron chi connectivity index (χ0n) is 20.5. The number of pyridine rings is 1. The monoisotopic (exact) mass is 532 g/mol. The zero-order valence-corrected chi connectivity index (χ0v) is 21.3. The van der Waals surface area contributed by atoms with Crippen LogP contribution >= 0.6 is 0 Å². The van der Waals surface area contributed by atoms with Crippen molar-refractivity contribution in [2.24, 2.45) is 0 Å². The average molecular weight is 533 g/mol. The van der Waals surface area contributed by atoms with E-state index in [9.17, 15) is 17.6 Å². The van der Waals surface area contributed by atoms with Crippen molar-refractivity contribution in [1.82, 2.24) is 29.6 Å². The second kappa shape index (κ2) is 10.6. The van der Waals surface area contributed by atoms with Crippen LogP contribution in [0.4, 0.5) is 4.39 Å². The summed E-state index contributed by atoms with van der Waals surface area (Å²) in [6, 6.07) is 17.3. The molecule has 0 aliphatic rings. The number of amides is 1. The first-order valence-corrected chi connectivity index (χ1v) is 13.8. The quantitative estimate of drug-likeness (QED) is 0.249. The molecule has 11 heteroatoms. The third kappa shape index (κ3) is 5.63. The Morgan fingerprint density at radius 1 is 0.947 bits per heavy atom. The van der Waals surface area contributed by atoms with Crippen molar-refractivity contribution in [3.63, 3.8) is 0 Å². The van der Waals surface area contributed by atoms with Crippen molar-refractivity contribution in [3.05, 3.63) is 90.6 Å². The van der Waals surface area contributed by atoms with Crippen LogP contribution in [-0.4, -0.2) is 53.3 Å². The van der Waals surface area contributed by atoms with Gasteiger partial charge in [-0.05, 0) is 55.0 Å². The predicted molar refractivity (Wildman–Crippen MR) is 143 cm³/mol. The van der Waals surface area contributed by atoms with E-state index in [1.54, 1.807) is 36.7 Å². The number of halogens is 1. The Labute approximate surface area is 218 Å². The Morgan fingerprint density at radius 2 is 1.66 bits per heavy atom. The molecule has 194 valence electrons. The molecule has 9 nitrogen and oxygen atoms in total. The molecule has 1 amide bonds. The fraction of sp³-hybridized carbons (Fsp3) is 0.148. The molecule has 5 rings (SSSR count). The molecule has 0 aliphatic heterocycles. The smallest absolute Gasteiger partial charge is 0.251 e. The van der Waals surface area contributed by atoms with Gasteiger partial charge in [-0.25, -0.2) is 22.5 Å². The number of aromatic nitrogens is 4. The molecule has 2 aromatic carbocycles. The number of hydrogen-bond acceptors (Lipinski definition) is 5. The van der Waals surface area contributed by atoms with Gasteiger partial charge in [0.05, 0.1) is 30.0 Å². The van der Waals surface area contributed by atoms with Crippen LogP contribution in [0, 0.1) is 5.82 Å². The van der Waals surface area contributed by atoms with Crippen LogP contribution in [0.2, 0.25) is 0 Å².